The van der Waals surface area contributed by atoms with E-state index in [0.29, 0.717) is 5.02 Å². The monoisotopic (exact) mass is 338 g/mol. The van der Waals surface area contributed by atoms with Gasteiger partial charge in [0.25, 0.3) is 0 Å². The summed E-state index contributed by atoms with van der Waals surface area (Å²) in [7, 11) is 0. The predicted molar refractivity (Wildman–Crippen MR) is 69.4 cm³/mol. The fourth-order valence-corrected chi connectivity index (χ4v) is 2.39. The summed E-state index contributed by atoms with van der Waals surface area (Å²) in [6, 6.07) is 1.89. The molecule has 3 nitrogen and oxygen atoms in total. The Morgan fingerprint density at radius 3 is 2.93 bits per heavy atom. The summed E-state index contributed by atoms with van der Waals surface area (Å²) < 4.78 is 1.01. The molecule has 82 valence electrons. The molecule has 0 aliphatic carbocycles. The molecule has 1 fully saturated rings. The van der Waals surface area contributed by atoms with Gasteiger partial charge in [-0.05, 0) is 28.7 Å². The van der Waals surface area contributed by atoms with Crippen LogP contribution in [0.2, 0.25) is 5.02 Å². The molecule has 15 heavy (non-hydrogen) atoms. The van der Waals surface area contributed by atoms with Gasteiger partial charge in [-0.3, -0.25) is 0 Å². The van der Waals surface area contributed by atoms with Crippen molar-refractivity contribution in [1.82, 2.24) is 4.98 Å². The Bertz CT molecular complexity index is 380. The maximum atomic E-state index is 9.15. The van der Waals surface area contributed by atoms with E-state index >= 15 is 0 Å². The first-order chi connectivity index (χ1) is 7.06. The molecule has 1 aromatic heterocycles. The smallest absolute Gasteiger partial charge is 0.148 e. The number of aliphatic hydroxyl groups excluding tert-OH is 1. The number of nitrogens with zero attached hydrogens (tertiary/aromatic N) is 2. The van der Waals surface area contributed by atoms with Crippen molar-refractivity contribution >= 4 is 40.0 Å². The molecular weight excluding hydrogens is 326 g/mol. The summed E-state index contributed by atoms with van der Waals surface area (Å²) in [5.74, 6) is 0.828. The lowest BCUT2D eigenvalue weighted by Gasteiger charge is -2.47. The summed E-state index contributed by atoms with van der Waals surface area (Å²) in [5.41, 5.74) is 0.00624. The van der Waals surface area contributed by atoms with Gasteiger partial charge in [0.05, 0.1) is 11.6 Å². The Morgan fingerprint density at radius 2 is 2.33 bits per heavy atom. The molecule has 1 N–H and O–H groups in total. The number of aliphatic hydroxyl groups is 1. The van der Waals surface area contributed by atoms with Crippen LogP contribution < -0.4 is 4.90 Å². The van der Waals surface area contributed by atoms with Gasteiger partial charge in [0.15, 0.2) is 0 Å². The first-order valence-corrected chi connectivity index (χ1v) is 6.17. The third-order valence-corrected chi connectivity index (χ3v) is 4.24. The lowest BCUT2D eigenvalue weighted by molar-refractivity contribution is 0.110. The second-order valence-corrected chi connectivity index (χ2v) is 5.80. The van der Waals surface area contributed by atoms with Crippen LogP contribution >= 0.6 is 34.2 Å². The van der Waals surface area contributed by atoms with Crippen LogP contribution in [0.5, 0.6) is 0 Å². The van der Waals surface area contributed by atoms with E-state index in [1.807, 2.05) is 6.07 Å². The molecule has 0 radical (unpaired) electrons. The number of aromatic nitrogens is 1. The number of hydrogen-bond donors (Lipinski definition) is 1. The van der Waals surface area contributed by atoms with Crippen LogP contribution in [-0.2, 0) is 0 Å². The average Bonchev–Trinajstić information content (AvgIpc) is 2.18. The van der Waals surface area contributed by atoms with Gasteiger partial charge in [0, 0.05) is 28.3 Å². The van der Waals surface area contributed by atoms with Crippen molar-refractivity contribution in [2.24, 2.45) is 5.41 Å². The molecule has 0 atom stereocenters. The van der Waals surface area contributed by atoms with Crippen molar-refractivity contribution in [3.63, 3.8) is 0 Å². The fourth-order valence-electron chi connectivity index (χ4n) is 1.76. The van der Waals surface area contributed by atoms with Crippen LogP contribution in [0.1, 0.15) is 6.92 Å². The van der Waals surface area contributed by atoms with Gasteiger partial charge in [0.2, 0.25) is 0 Å². The fraction of sp³-hybridized carbons (Fsp3) is 0.500. The Balaban J connectivity index is 2.17. The molecular formula is C10H12ClIN2O. The van der Waals surface area contributed by atoms with Crippen LogP contribution in [0.3, 0.4) is 0 Å². The molecule has 5 heteroatoms. The maximum Gasteiger partial charge on any atom is 0.148 e. The molecule has 2 heterocycles. The largest absolute Gasteiger partial charge is 0.396 e. The van der Waals surface area contributed by atoms with Crippen LogP contribution in [-0.4, -0.2) is 29.8 Å². The second-order valence-electron chi connectivity index (χ2n) is 4.26. The topological polar surface area (TPSA) is 36.4 Å². The zero-order valence-electron chi connectivity index (χ0n) is 8.37. The van der Waals surface area contributed by atoms with E-state index < -0.39 is 0 Å². The minimum atomic E-state index is 0.00624. The minimum Gasteiger partial charge on any atom is -0.396 e. The molecule has 0 amide bonds. The highest BCUT2D eigenvalue weighted by Gasteiger charge is 2.39. The highest BCUT2D eigenvalue weighted by molar-refractivity contribution is 14.1. The van der Waals surface area contributed by atoms with Crippen molar-refractivity contribution in [1.29, 1.82) is 0 Å². The average molecular weight is 339 g/mol. The first-order valence-electron chi connectivity index (χ1n) is 4.71. The lowest BCUT2D eigenvalue weighted by atomic mass is 9.83. The van der Waals surface area contributed by atoms with Gasteiger partial charge < -0.3 is 10.0 Å². The van der Waals surface area contributed by atoms with Crippen LogP contribution in [0, 0.1) is 8.99 Å². The molecule has 0 unspecified atom stereocenters. The highest BCUT2D eigenvalue weighted by atomic mass is 127. The van der Waals surface area contributed by atoms with Gasteiger partial charge in [0.1, 0.15) is 5.82 Å². The van der Waals surface area contributed by atoms with Crippen molar-refractivity contribution in [2.45, 2.75) is 6.92 Å². The zero-order valence-corrected chi connectivity index (χ0v) is 11.3. The molecule has 0 spiro atoms. The zero-order chi connectivity index (χ0) is 11.1. The maximum absolute atomic E-state index is 9.15. The van der Waals surface area contributed by atoms with Crippen molar-refractivity contribution < 1.29 is 5.11 Å². The van der Waals surface area contributed by atoms with E-state index in [4.69, 9.17) is 16.7 Å². The van der Waals surface area contributed by atoms with Gasteiger partial charge in [-0.1, -0.05) is 18.5 Å². The van der Waals surface area contributed by atoms with E-state index in [2.05, 4.69) is 39.4 Å². The Labute approximate surface area is 108 Å². The van der Waals surface area contributed by atoms with E-state index in [-0.39, 0.29) is 12.0 Å². The standard InChI is InChI=1S/C10H12ClIN2O/c1-10(6-15)4-14(5-10)9-8(11)7(12)2-3-13-9/h2-3,15H,4-6H2,1H3. The molecule has 0 aromatic carbocycles. The normalized spacial score (nSPS) is 18.8. The molecule has 1 aliphatic rings. The lowest BCUT2D eigenvalue weighted by Crippen LogP contribution is -2.57. The third-order valence-electron chi connectivity index (χ3n) is 2.65. The number of rotatable bonds is 2. The summed E-state index contributed by atoms with van der Waals surface area (Å²) in [4.78, 5) is 6.37. The summed E-state index contributed by atoms with van der Waals surface area (Å²) in [6.45, 7) is 3.91. The molecule has 1 aliphatic heterocycles. The second kappa shape index (κ2) is 4.07. The van der Waals surface area contributed by atoms with Crippen molar-refractivity contribution in [3.8, 4) is 0 Å². The van der Waals surface area contributed by atoms with E-state index in [0.717, 1.165) is 22.5 Å². The van der Waals surface area contributed by atoms with Gasteiger partial charge >= 0.3 is 0 Å². The summed E-state index contributed by atoms with van der Waals surface area (Å²) in [5, 5.41) is 9.86. The van der Waals surface area contributed by atoms with Crippen molar-refractivity contribution in [3.05, 3.63) is 20.9 Å². The molecule has 1 aromatic rings. The van der Waals surface area contributed by atoms with Crippen LogP contribution in [0.4, 0.5) is 5.82 Å². The number of pyridine rings is 1. The predicted octanol–water partition coefficient (Wildman–Crippen LogP) is 2.16. The van der Waals surface area contributed by atoms with Crippen LogP contribution in [0.25, 0.3) is 0 Å². The Morgan fingerprint density at radius 1 is 1.67 bits per heavy atom. The third kappa shape index (κ3) is 2.07. The van der Waals surface area contributed by atoms with Gasteiger partial charge in [-0.15, -0.1) is 0 Å². The van der Waals surface area contributed by atoms with E-state index in [1.54, 1.807) is 6.20 Å². The SMILES string of the molecule is CC1(CO)CN(c2nccc(I)c2Cl)C1. The minimum absolute atomic E-state index is 0.00624. The van der Waals surface area contributed by atoms with E-state index in [9.17, 15) is 0 Å². The van der Waals surface area contributed by atoms with Gasteiger partial charge in [-0.2, -0.15) is 0 Å². The van der Waals surface area contributed by atoms with E-state index in [1.165, 1.54) is 0 Å². The van der Waals surface area contributed by atoms with Crippen LogP contribution in [0.15, 0.2) is 12.3 Å². The Kier molecular flexibility index (Phi) is 3.10. The molecule has 0 saturated carbocycles. The Hall–Kier alpha value is -0.0700. The quantitative estimate of drug-likeness (QED) is 0.840. The molecule has 2 rings (SSSR count). The molecule has 1 saturated heterocycles. The summed E-state index contributed by atoms with van der Waals surface area (Å²) in [6.07, 6.45) is 1.76. The number of hydrogen-bond acceptors (Lipinski definition) is 3. The number of anilines is 1. The molecule has 0 bridgehead atoms. The summed E-state index contributed by atoms with van der Waals surface area (Å²) >= 11 is 8.36. The van der Waals surface area contributed by atoms with Crippen molar-refractivity contribution in [2.75, 3.05) is 24.6 Å². The highest BCUT2D eigenvalue weighted by Crippen LogP contribution is 2.37. The van der Waals surface area contributed by atoms with Gasteiger partial charge in [-0.25, -0.2) is 4.98 Å². The number of halogens is 2. The first kappa shape index (κ1) is 11.4.